The number of carbonyl (C=O) groups is 1. The maximum Gasteiger partial charge on any atom is 0.256 e. The molecule has 0 atom stereocenters. The number of halogens is 1. The largest absolute Gasteiger partial charge is 0.395 e. The molecule has 0 aliphatic heterocycles. The summed E-state index contributed by atoms with van der Waals surface area (Å²) < 4.78 is 13.9. The smallest absolute Gasteiger partial charge is 0.256 e. The van der Waals surface area contributed by atoms with E-state index in [0.29, 0.717) is 12.1 Å². The zero-order valence-corrected chi connectivity index (χ0v) is 12.2. The predicted octanol–water partition coefficient (Wildman–Crippen LogP) is 1.37. The Morgan fingerprint density at radius 3 is 2.81 bits per heavy atom. The number of hydrogen-bond acceptors (Lipinski definition) is 3. The van der Waals surface area contributed by atoms with Crippen molar-refractivity contribution in [3.05, 3.63) is 35.1 Å². The van der Waals surface area contributed by atoms with Gasteiger partial charge in [0.1, 0.15) is 5.82 Å². The molecule has 0 aliphatic carbocycles. The van der Waals surface area contributed by atoms with E-state index in [-0.39, 0.29) is 25.3 Å². The van der Waals surface area contributed by atoms with Gasteiger partial charge in [0, 0.05) is 18.7 Å². The van der Waals surface area contributed by atoms with Crippen LogP contribution in [0.25, 0.3) is 0 Å². The first-order valence-electron chi connectivity index (χ1n) is 7.02. The molecule has 0 radical (unpaired) electrons. The van der Waals surface area contributed by atoms with Crippen LogP contribution in [0.5, 0.6) is 0 Å². The highest BCUT2D eigenvalue weighted by atomic mass is 19.1. The highest BCUT2D eigenvalue weighted by Gasteiger charge is 2.18. The van der Waals surface area contributed by atoms with Crippen molar-refractivity contribution in [2.24, 2.45) is 5.73 Å². The average Bonchev–Trinajstić information content (AvgIpc) is 2.50. The van der Waals surface area contributed by atoms with Crippen LogP contribution in [0.1, 0.15) is 35.7 Å². The van der Waals surface area contributed by atoms with Crippen molar-refractivity contribution in [1.29, 1.82) is 0 Å². The summed E-state index contributed by atoms with van der Waals surface area (Å²) in [5.41, 5.74) is 5.82. The third kappa shape index (κ3) is 5.18. The van der Waals surface area contributed by atoms with Crippen LogP contribution in [-0.2, 0) is 0 Å². The van der Waals surface area contributed by atoms with E-state index in [1.807, 2.05) is 6.92 Å². The summed E-state index contributed by atoms with van der Waals surface area (Å²) in [6.07, 6.45) is 1.72. The Kier molecular flexibility index (Phi) is 7.44. The van der Waals surface area contributed by atoms with Crippen LogP contribution in [0.4, 0.5) is 4.39 Å². The van der Waals surface area contributed by atoms with Crippen molar-refractivity contribution in [1.82, 2.24) is 4.90 Å². The fraction of sp³-hybridized carbons (Fsp3) is 0.438. The number of carbonyl (C=O) groups excluding carboxylic acids is 1. The summed E-state index contributed by atoms with van der Waals surface area (Å²) in [6, 6.07) is 4.17. The van der Waals surface area contributed by atoms with Crippen LogP contribution in [0.3, 0.4) is 0 Å². The molecule has 21 heavy (non-hydrogen) atoms. The van der Waals surface area contributed by atoms with Crippen LogP contribution in [0, 0.1) is 17.7 Å². The minimum atomic E-state index is -0.585. The molecule has 1 aromatic rings. The maximum atomic E-state index is 13.9. The third-order valence-electron chi connectivity index (χ3n) is 2.97. The molecule has 0 heterocycles. The molecule has 0 saturated carbocycles. The van der Waals surface area contributed by atoms with Crippen molar-refractivity contribution in [3.8, 4) is 11.8 Å². The fourth-order valence-corrected chi connectivity index (χ4v) is 1.87. The molecule has 0 aliphatic rings. The first-order chi connectivity index (χ1) is 10.1. The summed E-state index contributed by atoms with van der Waals surface area (Å²) in [7, 11) is 0. The van der Waals surface area contributed by atoms with Gasteiger partial charge in [0.25, 0.3) is 5.91 Å². The number of aliphatic hydroxyl groups excluding tert-OH is 1. The number of nitrogens with zero attached hydrogens (tertiary/aromatic N) is 1. The van der Waals surface area contributed by atoms with Crippen molar-refractivity contribution in [2.75, 3.05) is 26.2 Å². The predicted molar refractivity (Wildman–Crippen MR) is 80.2 cm³/mol. The number of benzene rings is 1. The Hall–Kier alpha value is -1.90. The van der Waals surface area contributed by atoms with Gasteiger partial charge in [-0.05, 0) is 24.6 Å². The van der Waals surface area contributed by atoms with E-state index in [2.05, 4.69) is 11.8 Å². The van der Waals surface area contributed by atoms with Crippen molar-refractivity contribution in [2.45, 2.75) is 19.8 Å². The second kappa shape index (κ2) is 9.11. The van der Waals surface area contributed by atoms with Gasteiger partial charge in [0.2, 0.25) is 0 Å². The number of hydrogen-bond donors (Lipinski definition) is 2. The molecule has 1 amide bonds. The summed E-state index contributed by atoms with van der Waals surface area (Å²) >= 11 is 0. The molecule has 114 valence electrons. The molecule has 0 aromatic heterocycles. The molecule has 1 aromatic carbocycles. The van der Waals surface area contributed by atoms with Gasteiger partial charge in [-0.3, -0.25) is 4.79 Å². The molecular formula is C16H21FN2O2. The van der Waals surface area contributed by atoms with E-state index >= 15 is 0 Å². The second-order valence-electron chi connectivity index (χ2n) is 4.57. The van der Waals surface area contributed by atoms with E-state index in [1.54, 1.807) is 0 Å². The lowest BCUT2D eigenvalue weighted by Crippen LogP contribution is -2.35. The minimum absolute atomic E-state index is 0.0247. The molecule has 0 saturated heterocycles. The Morgan fingerprint density at radius 2 is 2.19 bits per heavy atom. The van der Waals surface area contributed by atoms with Gasteiger partial charge in [0.15, 0.2) is 0 Å². The van der Waals surface area contributed by atoms with E-state index in [0.717, 1.165) is 12.8 Å². The molecule has 3 N–H and O–H groups in total. The number of unbranched alkanes of at least 4 members (excludes halogenated alkanes) is 1. The van der Waals surface area contributed by atoms with E-state index in [1.165, 1.54) is 23.1 Å². The summed E-state index contributed by atoms with van der Waals surface area (Å²) in [6.45, 7) is 2.74. The zero-order chi connectivity index (χ0) is 15.7. The van der Waals surface area contributed by atoms with E-state index in [9.17, 15) is 9.18 Å². The monoisotopic (exact) mass is 292 g/mol. The molecule has 0 unspecified atom stereocenters. The summed E-state index contributed by atoms with van der Waals surface area (Å²) in [5.74, 6) is 4.44. The molecule has 0 bridgehead atoms. The van der Waals surface area contributed by atoms with Crippen LogP contribution < -0.4 is 5.73 Å². The van der Waals surface area contributed by atoms with Crippen molar-refractivity contribution < 1.29 is 14.3 Å². The second-order valence-corrected chi connectivity index (χ2v) is 4.57. The zero-order valence-electron chi connectivity index (χ0n) is 12.2. The Labute approximate surface area is 124 Å². The summed E-state index contributed by atoms with van der Waals surface area (Å²) in [4.78, 5) is 13.8. The highest BCUT2D eigenvalue weighted by Crippen LogP contribution is 2.13. The lowest BCUT2D eigenvalue weighted by molar-refractivity contribution is 0.0714. The van der Waals surface area contributed by atoms with Gasteiger partial charge < -0.3 is 15.7 Å². The quantitative estimate of drug-likeness (QED) is 0.778. The Morgan fingerprint density at radius 1 is 1.43 bits per heavy atom. The van der Waals surface area contributed by atoms with Gasteiger partial charge in [-0.15, -0.1) is 0 Å². The Balaban J connectivity index is 3.02. The number of rotatable bonds is 6. The van der Waals surface area contributed by atoms with Gasteiger partial charge in [-0.2, -0.15) is 0 Å². The highest BCUT2D eigenvalue weighted by molar-refractivity contribution is 5.94. The maximum absolute atomic E-state index is 13.9. The molecule has 1 rings (SSSR count). The number of amides is 1. The summed E-state index contributed by atoms with van der Waals surface area (Å²) in [5, 5.41) is 9.05. The van der Waals surface area contributed by atoms with E-state index < -0.39 is 11.7 Å². The topological polar surface area (TPSA) is 66.6 Å². The van der Waals surface area contributed by atoms with Crippen LogP contribution in [-0.4, -0.2) is 42.2 Å². The minimum Gasteiger partial charge on any atom is -0.395 e. The van der Waals surface area contributed by atoms with Crippen LogP contribution in [0.2, 0.25) is 0 Å². The fourth-order valence-electron chi connectivity index (χ4n) is 1.87. The van der Waals surface area contributed by atoms with Crippen LogP contribution >= 0.6 is 0 Å². The average molecular weight is 292 g/mol. The van der Waals surface area contributed by atoms with Crippen molar-refractivity contribution >= 4 is 5.91 Å². The normalized spacial score (nSPS) is 9.90. The van der Waals surface area contributed by atoms with Gasteiger partial charge in [-0.1, -0.05) is 25.2 Å². The lowest BCUT2D eigenvalue weighted by Gasteiger charge is -2.22. The van der Waals surface area contributed by atoms with Crippen molar-refractivity contribution in [3.63, 3.8) is 0 Å². The SMILES string of the molecule is CCCCN(CCO)C(=O)c1cc(C#CCN)ccc1F. The first-order valence-corrected chi connectivity index (χ1v) is 7.02. The Bertz CT molecular complexity index is 535. The number of aliphatic hydroxyl groups is 1. The van der Waals surface area contributed by atoms with Gasteiger partial charge >= 0.3 is 0 Å². The first kappa shape index (κ1) is 17.2. The van der Waals surface area contributed by atoms with E-state index in [4.69, 9.17) is 10.8 Å². The standard InChI is InChI=1S/C16H21FN2O2/c1-2-3-9-19(10-11-20)16(21)14-12-13(5-4-8-18)6-7-15(14)17/h6-7,12,20H,2-3,8-11,18H2,1H3. The van der Waals surface area contributed by atoms with Gasteiger partial charge in [-0.25, -0.2) is 4.39 Å². The molecular weight excluding hydrogens is 271 g/mol. The number of nitrogens with two attached hydrogens (primary N) is 1. The molecule has 5 heteroatoms. The molecule has 0 fully saturated rings. The third-order valence-corrected chi connectivity index (χ3v) is 2.97. The van der Waals surface area contributed by atoms with Crippen LogP contribution in [0.15, 0.2) is 18.2 Å². The molecule has 4 nitrogen and oxygen atoms in total. The lowest BCUT2D eigenvalue weighted by atomic mass is 10.1. The van der Waals surface area contributed by atoms with Gasteiger partial charge in [0.05, 0.1) is 18.7 Å². The molecule has 0 spiro atoms.